The number of ketones is 1. The van der Waals surface area contributed by atoms with Crippen LogP contribution in [-0.2, 0) is 4.79 Å². The number of carbonyl (C=O) groups is 2. The van der Waals surface area contributed by atoms with Crippen molar-refractivity contribution in [3.63, 3.8) is 0 Å². The zero-order valence-corrected chi connectivity index (χ0v) is 15.2. The number of nitrogens with one attached hydrogen (secondary N) is 1. The number of hydrogen-bond donors (Lipinski definition) is 2. The molecule has 0 heterocycles. The molecule has 0 aliphatic carbocycles. The Labute approximate surface area is 154 Å². The van der Waals surface area contributed by atoms with Crippen LogP contribution >= 0.6 is 12.4 Å². The van der Waals surface area contributed by atoms with Gasteiger partial charge < -0.3 is 15.8 Å². The maximum atomic E-state index is 12.0. The molecule has 0 aliphatic rings. The largest absolute Gasteiger partial charge is 0.494 e. The number of nitrogens with two attached hydrogens (primary N) is 1. The van der Waals surface area contributed by atoms with Gasteiger partial charge in [-0.3, -0.25) is 9.59 Å². The van der Waals surface area contributed by atoms with Crippen molar-refractivity contribution in [1.82, 2.24) is 0 Å². The van der Waals surface area contributed by atoms with Crippen molar-refractivity contribution < 1.29 is 14.3 Å². The molecule has 5 nitrogen and oxygen atoms in total. The minimum absolute atomic E-state index is 0. The highest BCUT2D eigenvalue weighted by molar-refractivity contribution is 5.94. The number of hydrogen-bond acceptors (Lipinski definition) is 4. The van der Waals surface area contributed by atoms with Gasteiger partial charge >= 0.3 is 0 Å². The number of carbonyl (C=O) groups excluding carboxylic acids is 2. The smallest absolute Gasteiger partial charge is 0.224 e. The van der Waals surface area contributed by atoms with Crippen LogP contribution in [0.2, 0.25) is 0 Å². The Kier molecular flexibility index (Phi) is 7.95. The van der Waals surface area contributed by atoms with Gasteiger partial charge in [-0.1, -0.05) is 6.07 Å². The lowest BCUT2D eigenvalue weighted by molar-refractivity contribution is -0.116. The van der Waals surface area contributed by atoms with Crippen molar-refractivity contribution in [2.24, 2.45) is 0 Å². The van der Waals surface area contributed by atoms with Crippen LogP contribution in [0.3, 0.4) is 0 Å². The highest BCUT2D eigenvalue weighted by Gasteiger charge is 2.06. The van der Waals surface area contributed by atoms with Crippen LogP contribution < -0.4 is 15.8 Å². The average Bonchev–Trinajstić information content (AvgIpc) is 2.55. The number of nitrogen functional groups attached to an aromatic ring is 1. The van der Waals surface area contributed by atoms with Crippen molar-refractivity contribution in [2.75, 3.05) is 17.7 Å². The quantitative estimate of drug-likeness (QED) is 0.443. The van der Waals surface area contributed by atoms with Gasteiger partial charge in [0.25, 0.3) is 0 Å². The molecule has 134 valence electrons. The number of rotatable bonds is 7. The molecule has 0 bridgehead atoms. The molecule has 2 aromatic rings. The second-order valence-corrected chi connectivity index (χ2v) is 5.66. The zero-order valence-electron chi connectivity index (χ0n) is 14.4. The van der Waals surface area contributed by atoms with Crippen molar-refractivity contribution in [3.8, 4) is 5.75 Å². The summed E-state index contributed by atoms with van der Waals surface area (Å²) in [6.45, 7) is 3.88. The van der Waals surface area contributed by atoms with E-state index in [9.17, 15) is 9.59 Å². The molecular weight excluding hydrogens is 340 g/mol. The molecular formula is C19H23ClN2O3. The Bertz CT molecular complexity index is 730. The minimum Gasteiger partial charge on any atom is -0.494 e. The molecule has 3 N–H and O–H groups in total. The van der Waals surface area contributed by atoms with E-state index in [0.717, 1.165) is 11.3 Å². The lowest BCUT2D eigenvalue weighted by Gasteiger charge is -2.10. The summed E-state index contributed by atoms with van der Waals surface area (Å²) >= 11 is 0. The Morgan fingerprint density at radius 3 is 2.44 bits per heavy atom. The van der Waals surface area contributed by atoms with Crippen LogP contribution in [-0.4, -0.2) is 18.3 Å². The van der Waals surface area contributed by atoms with Gasteiger partial charge in [0, 0.05) is 23.4 Å². The van der Waals surface area contributed by atoms with Gasteiger partial charge in [-0.25, -0.2) is 0 Å². The summed E-state index contributed by atoms with van der Waals surface area (Å²) in [6, 6.07) is 12.4. The molecule has 0 aliphatic heterocycles. The number of benzene rings is 2. The average molecular weight is 363 g/mol. The molecule has 0 aromatic heterocycles. The summed E-state index contributed by atoms with van der Waals surface area (Å²) in [4.78, 5) is 23.2. The first-order valence-electron chi connectivity index (χ1n) is 7.85. The Hall–Kier alpha value is -2.53. The summed E-state index contributed by atoms with van der Waals surface area (Å²) in [5.41, 5.74) is 8.71. The summed E-state index contributed by atoms with van der Waals surface area (Å²) in [6.07, 6.45) is 0.960. The topological polar surface area (TPSA) is 81.4 Å². The highest BCUT2D eigenvalue weighted by Crippen LogP contribution is 2.18. The fourth-order valence-corrected chi connectivity index (χ4v) is 2.20. The lowest BCUT2D eigenvalue weighted by atomic mass is 10.1. The molecule has 0 atom stereocenters. The van der Waals surface area contributed by atoms with Crippen LogP contribution in [0.15, 0.2) is 42.5 Å². The van der Waals surface area contributed by atoms with Crippen molar-refractivity contribution in [3.05, 3.63) is 53.6 Å². The van der Waals surface area contributed by atoms with Crippen LogP contribution in [0.25, 0.3) is 0 Å². The standard InChI is InChI=1S/C19H22N2O3.ClH/c1-13-5-8-16(20)12-18(13)21-19(23)4-3-11-24-17-9-6-15(7-10-17)14(2)22;/h5-10,12H,3-4,11,20H2,1-2H3,(H,21,23);1H. The zero-order chi connectivity index (χ0) is 17.5. The molecule has 2 rings (SSSR count). The Morgan fingerprint density at radius 1 is 1.12 bits per heavy atom. The monoisotopic (exact) mass is 362 g/mol. The van der Waals surface area contributed by atoms with E-state index in [1.165, 1.54) is 6.92 Å². The SMILES string of the molecule is CC(=O)c1ccc(OCCCC(=O)Nc2cc(N)ccc2C)cc1.Cl. The van der Waals surface area contributed by atoms with Crippen molar-refractivity contribution in [2.45, 2.75) is 26.7 Å². The lowest BCUT2D eigenvalue weighted by Crippen LogP contribution is -2.13. The first-order chi connectivity index (χ1) is 11.5. The second-order valence-electron chi connectivity index (χ2n) is 5.66. The molecule has 25 heavy (non-hydrogen) atoms. The Morgan fingerprint density at radius 2 is 1.80 bits per heavy atom. The van der Waals surface area contributed by atoms with Crippen LogP contribution in [0.4, 0.5) is 11.4 Å². The summed E-state index contributed by atoms with van der Waals surface area (Å²) < 4.78 is 5.57. The third kappa shape index (κ3) is 6.47. The third-order valence-electron chi connectivity index (χ3n) is 3.61. The molecule has 0 radical (unpaired) electrons. The summed E-state index contributed by atoms with van der Waals surface area (Å²) in [5, 5.41) is 2.86. The van der Waals surface area contributed by atoms with Gasteiger partial charge in [0.05, 0.1) is 6.61 Å². The number of amides is 1. The van der Waals surface area contributed by atoms with E-state index < -0.39 is 0 Å². The fraction of sp³-hybridized carbons (Fsp3) is 0.263. The number of ether oxygens (including phenoxy) is 1. The second kappa shape index (κ2) is 9.69. The Balaban J connectivity index is 0.00000312. The van der Waals surface area contributed by atoms with Crippen molar-refractivity contribution >= 4 is 35.5 Å². The maximum Gasteiger partial charge on any atom is 0.224 e. The molecule has 6 heteroatoms. The van der Waals surface area contributed by atoms with E-state index in [1.807, 2.05) is 13.0 Å². The van der Waals surface area contributed by atoms with Crippen LogP contribution in [0.5, 0.6) is 5.75 Å². The van der Waals surface area contributed by atoms with Gasteiger partial charge in [0.1, 0.15) is 5.75 Å². The normalized spacial score (nSPS) is 9.84. The molecule has 0 saturated carbocycles. The van der Waals surface area contributed by atoms with Crippen molar-refractivity contribution in [1.29, 1.82) is 0 Å². The number of Topliss-reactive ketones (excluding diaryl/α,β-unsaturated/α-hetero) is 1. The van der Waals surface area contributed by atoms with E-state index >= 15 is 0 Å². The third-order valence-corrected chi connectivity index (χ3v) is 3.61. The molecule has 0 spiro atoms. The predicted molar refractivity (Wildman–Crippen MR) is 103 cm³/mol. The van der Waals surface area contributed by atoms with E-state index in [-0.39, 0.29) is 24.1 Å². The summed E-state index contributed by atoms with van der Waals surface area (Å²) in [7, 11) is 0. The van der Waals surface area contributed by atoms with E-state index in [1.54, 1.807) is 36.4 Å². The van der Waals surface area contributed by atoms with Gasteiger partial charge in [0.15, 0.2) is 5.78 Å². The van der Waals surface area contributed by atoms with Crippen LogP contribution in [0, 0.1) is 6.92 Å². The van der Waals surface area contributed by atoms with E-state index in [0.29, 0.717) is 36.4 Å². The van der Waals surface area contributed by atoms with Gasteiger partial charge in [-0.05, 0) is 62.2 Å². The molecule has 2 aromatic carbocycles. The van der Waals surface area contributed by atoms with Crippen LogP contribution in [0.1, 0.15) is 35.7 Å². The number of halogens is 1. The predicted octanol–water partition coefficient (Wildman–Crippen LogP) is 4.00. The van der Waals surface area contributed by atoms with Gasteiger partial charge in [-0.2, -0.15) is 0 Å². The van der Waals surface area contributed by atoms with E-state index in [4.69, 9.17) is 10.5 Å². The number of aryl methyl sites for hydroxylation is 1. The molecule has 0 unspecified atom stereocenters. The van der Waals surface area contributed by atoms with E-state index in [2.05, 4.69) is 5.32 Å². The first-order valence-corrected chi connectivity index (χ1v) is 7.85. The maximum absolute atomic E-state index is 12.0. The first kappa shape index (κ1) is 20.5. The molecule has 0 saturated heterocycles. The highest BCUT2D eigenvalue weighted by atomic mass is 35.5. The minimum atomic E-state index is -0.0702. The summed E-state index contributed by atoms with van der Waals surface area (Å²) in [5.74, 6) is 0.640. The molecule has 0 fully saturated rings. The van der Waals surface area contributed by atoms with Gasteiger partial charge in [0.2, 0.25) is 5.91 Å². The fourth-order valence-electron chi connectivity index (χ4n) is 2.20. The number of anilines is 2. The molecule has 1 amide bonds. The van der Waals surface area contributed by atoms with Gasteiger partial charge in [-0.15, -0.1) is 12.4 Å².